The molecule has 0 aliphatic rings. The van der Waals surface area contributed by atoms with Gasteiger partial charge in [-0.2, -0.15) is 0 Å². The number of aryl methyl sites for hydroxylation is 2. The molecule has 4 nitrogen and oxygen atoms in total. The minimum absolute atomic E-state index is 0.0355. The molecule has 0 saturated heterocycles. The Kier molecular flexibility index (Phi) is 6.47. The Balaban J connectivity index is 1.57. The Morgan fingerprint density at radius 2 is 0.818 bits per heavy atom. The van der Waals surface area contributed by atoms with Crippen molar-refractivity contribution in [2.24, 2.45) is 0 Å². The predicted molar refractivity (Wildman–Crippen MR) is 135 cm³/mol. The van der Waals surface area contributed by atoms with E-state index in [1.165, 1.54) is 24.3 Å². The summed E-state index contributed by atoms with van der Waals surface area (Å²) >= 11 is 0. The van der Waals surface area contributed by atoms with E-state index in [9.17, 15) is 16.8 Å². The van der Waals surface area contributed by atoms with E-state index in [-0.39, 0.29) is 19.6 Å². The first-order valence-electron chi connectivity index (χ1n) is 10.2. The molecule has 0 saturated carbocycles. The third-order valence-corrected chi connectivity index (χ3v) is 12.9. The van der Waals surface area contributed by atoms with Gasteiger partial charge in [0.05, 0.1) is 9.79 Å². The zero-order chi connectivity index (χ0) is 23.6. The van der Waals surface area contributed by atoms with E-state index in [1.807, 2.05) is 62.4 Å². The minimum Gasteiger partial charge on any atom is -0.211 e. The van der Waals surface area contributed by atoms with Gasteiger partial charge in [-0.3, -0.25) is 0 Å². The van der Waals surface area contributed by atoms with Crippen LogP contribution >= 0.6 is 9.83 Å². The second kappa shape index (κ2) is 9.17. The first-order chi connectivity index (χ1) is 15.7. The Bertz CT molecular complexity index is 1390. The third-order valence-electron chi connectivity index (χ3n) is 5.38. The molecule has 0 heterocycles. The highest BCUT2D eigenvalue weighted by molar-refractivity contribution is 9.04. The summed E-state index contributed by atoms with van der Waals surface area (Å²) in [5.74, 6) is 0. The van der Waals surface area contributed by atoms with Crippen LogP contribution in [-0.2, 0) is 17.7 Å². The van der Waals surface area contributed by atoms with Crippen LogP contribution in [0.15, 0.2) is 107 Å². The summed E-state index contributed by atoms with van der Waals surface area (Å²) in [7, 11) is -8.27. The molecular weight excluding hydrogens is 472 g/mol. The summed E-state index contributed by atoms with van der Waals surface area (Å²) in [4.78, 5) is -0.102. The van der Waals surface area contributed by atoms with Crippen LogP contribution in [0.1, 0.15) is 11.1 Å². The van der Waals surface area contributed by atoms with Gasteiger partial charge in [-0.25, -0.2) is 16.8 Å². The number of hydrogen-bond acceptors (Lipinski definition) is 5. The Morgan fingerprint density at radius 1 is 0.485 bits per heavy atom. The molecule has 0 atom stereocenters. The van der Waals surface area contributed by atoms with E-state index < -0.39 is 17.7 Å². The van der Waals surface area contributed by atoms with Crippen molar-refractivity contribution in [1.82, 2.24) is 0 Å². The largest absolute Gasteiger partial charge is 0.244 e. The topological polar surface area (TPSA) is 68.3 Å². The van der Waals surface area contributed by atoms with Crippen molar-refractivity contribution in [3.05, 3.63) is 108 Å². The lowest BCUT2D eigenvalue weighted by atomic mass is 10.0. The molecule has 0 aromatic heterocycles. The van der Waals surface area contributed by atoms with Crippen LogP contribution in [0.25, 0.3) is 22.3 Å². The van der Waals surface area contributed by atoms with Crippen LogP contribution in [-0.4, -0.2) is 16.8 Å². The molecule has 168 valence electrons. The molecule has 4 aromatic rings. The van der Waals surface area contributed by atoms with Gasteiger partial charge in [0.15, 0.2) is 0 Å². The summed E-state index contributed by atoms with van der Waals surface area (Å²) in [6.45, 7) is 3.96. The fraction of sp³-hybridized carbons (Fsp3) is 0.0769. The molecular formula is C26H22O4S3. The Labute approximate surface area is 198 Å². The summed E-state index contributed by atoms with van der Waals surface area (Å²) in [5, 5.41) is 0. The molecule has 4 rings (SSSR count). The van der Waals surface area contributed by atoms with E-state index in [0.717, 1.165) is 33.4 Å². The molecule has 0 amide bonds. The van der Waals surface area contributed by atoms with Crippen molar-refractivity contribution in [3.8, 4) is 22.3 Å². The van der Waals surface area contributed by atoms with Crippen LogP contribution in [0.2, 0.25) is 0 Å². The lowest BCUT2D eigenvalue weighted by Crippen LogP contribution is -2.03. The van der Waals surface area contributed by atoms with Gasteiger partial charge in [-0.15, -0.1) is 0 Å². The smallest absolute Gasteiger partial charge is 0.211 e. The zero-order valence-electron chi connectivity index (χ0n) is 18.1. The Hall–Kier alpha value is -2.87. The van der Waals surface area contributed by atoms with Gasteiger partial charge in [0.25, 0.3) is 0 Å². The van der Waals surface area contributed by atoms with Gasteiger partial charge in [0, 0.05) is 0 Å². The average molecular weight is 495 g/mol. The summed E-state index contributed by atoms with van der Waals surface area (Å²) in [5.41, 5.74) is 5.86. The molecule has 0 radical (unpaired) electrons. The van der Waals surface area contributed by atoms with Crippen molar-refractivity contribution in [2.75, 3.05) is 0 Å². The number of rotatable bonds is 6. The monoisotopic (exact) mass is 494 g/mol. The van der Waals surface area contributed by atoms with Gasteiger partial charge in [-0.05, 0) is 71.5 Å². The molecule has 0 fully saturated rings. The predicted octanol–water partition coefficient (Wildman–Crippen LogP) is 6.45. The summed E-state index contributed by atoms with van der Waals surface area (Å²) < 4.78 is 51.4. The fourth-order valence-corrected chi connectivity index (χ4v) is 10.3. The first kappa shape index (κ1) is 23.3. The summed E-state index contributed by atoms with van der Waals surface area (Å²) in [6, 6.07) is 28.1. The van der Waals surface area contributed by atoms with Crippen molar-refractivity contribution < 1.29 is 16.8 Å². The lowest BCUT2D eigenvalue weighted by Gasteiger charge is -2.09. The zero-order valence-corrected chi connectivity index (χ0v) is 20.5. The maximum absolute atomic E-state index is 12.9. The van der Waals surface area contributed by atoms with Crippen molar-refractivity contribution in [2.45, 2.75) is 23.6 Å². The molecule has 0 unspecified atom stereocenters. The molecule has 7 heteroatoms. The highest BCUT2D eigenvalue weighted by Crippen LogP contribution is 2.35. The molecule has 0 bridgehead atoms. The molecule has 33 heavy (non-hydrogen) atoms. The van der Waals surface area contributed by atoms with E-state index in [2.05, 4.69) is 0 Å². The quantitative estimate of drug-likeness (QED) is 0.288. The highest BCUT2D eigenvalue weighted by atomic mass is 33.5. The van der Waals surface area contributed by atoms with Crippen molar-refractivity contribution in [1.29, 1.82) is 0 Å². The van der Waals surface area contributed by atoms with Crippen molar-refractivity contribution >= 4 is 27.6 Å². The van der Waals surface area contributed by atoms with Crippen LogP contribution in [0, 0.1) is 13.8 Å². The molecule has 0 spiro atoms. The molecule has 0 aliphatic carbocycles. The van der Waals surface area contributed by atoms with E-state index in [4.69, 9.17) is 0 Å². The van der Waals surface area contributed by atoms with Crippen LogP contribution in [0.4, 0.5) is 0 Å². The van der Waals surface area contributed by atoms with Gasteiger partial charge in [0.1, 0.15) is 9.83 Å². The molecule has 0 aliphatic heterocycles. The second-order valence-corrected chi connectivity index (χ2v) is 14.8. The van der Waals surface area contributed by atoms with Crippen LogP contribution in [0.5, 0.6) is 0 Å². The van der Waals surface area contributed by atoms with E-state index in [1.54, 1.807) is 24.3 Å². The van der Waals surface area contributed by atoms with Gasteiger partial charge in [0.2, 0.25) is 17.7 Å². The van der Waals surface area contributed by atoms with Crippen LogP contribution in [0.3, 0.4) is 0 Å². The summed E-state index contributed by atoms with van der Waals surface area (Å²) in [6.07, 6.45) is 0. The first-order valence-corrected chi connectivity index (χ1v) is 15.0. The number of benzene rings is 4. The standard InChI is InChI=1S/C26H22O4S3/c1-19-7-3-5-9-25(19)21-11-15-23(16-12-21)32(27,28)31-33(29,30)24-17-13-22(14-18-24)26-10-6-4-8-20(26)2/h3-18H,1-2H3. The SMILES string of the molecule is Cc1ccccc1-c1ccc(S(=O)(=O)SS(=O)(=O)c2ccc(-c3ccccc3C)cc2)cc1. The fourth-order valence-electron chi connectivity index (χ4n) is 3.59. The van der Waals surface area contributed by atoms with Gasteiger partial charge in [-0.1, -0.05) is 72.8 Å². The second-order valence-electron chi connectivity index (χ2n) is 7.65. The van der Waals surface area contributed by atoms with E-state index >= 15 is 0 Å². The highest BCUT2D eigenvalue weighted by Gasteiger charge is 2.27. The Morgan fingerprint density at radius 3 is 1.15 bits per heavy atom. The maximum Gasteiger partial charge on any atom is 0.244 e. The lowest BCUT2D eigenvalue weighted by molar-refractivity contribution is 0.608. The average Bonchev–Trinajstić information content (AvgIpc) is 2.79. The van der Waals surface area contributed by atoms with Gasteiger partial charge < -0.3 is 0 Å². The normalized spacial score (nSPS) is 11.9. The number of hydrogen-bond donors (Lipinski definition) is 0. The van der Waals surface area contributed by atoms with Crippen LogP contribution < -0.4 is 0 Å². The van der Waals surface area contributed by atoms with Crippen molar-refractivity contribution in [3.63, 3.8) is 0 Å². The van der Waals surface area contributed by atoms with Gasteiger partial charge >= 0.3 is 0 Å². The third kappa shape index (κ3) is 5.05. The minimum atomic E-state index is -4.12. The maximum atomic E-state index is 12.9. The molecule has 4 aromatic carbocycles. The molecule has 0 N–H and O–H groups in total. The van der Waals surface area contributed by atoms with E-state index in [0.29, 0.717) is 0 Å².